The first-order chi connectivity index (χ1) is 12.4. The van der Waals surface area contributed by atoms with E-state index in [0.717, 1.165) is 12.3 Å². The second-order valence-electron chi connectivity index (χ2n) is 5.06. The van der Waals surface area contributed by atoms with Crippen molar-refractivity contribution in [2.75, 3.05) is 5.32 Å². The molecule has 130 valence electrons. The van der Waals surface area contributed by atoms with E-state index in [0.29, 0.717) is 11.4 Å². The Morgan fingerprint density at radius 1 is 1.23 bits per heavy atom. The molecule has 3 aromatic heterocycles. The fraction of sp³-hybridized carbons (Fsp3) is 0.0625. The van der Waals surface area contributed by atoms with E-state index in [4.69, 9.17) is 5.26 Å². The highest BCUT2D eigenvalue weighted by molar-refractivity contribution is 6.05. The van der Waals surface area contributed by atoms with E-state index in [1.807, 2.05) is 0 Å². The number of anilines is 1. The number of amides is 1. The van der Waals surface area contributed by atoms with Crippen molar-refractivity contribution in [1.29, 1.82) is 5.26 Å². The predicted octanol–water partition coefficient (Wildman–Crippen LogP) is 3.01. The smallest absolute Gasteiger partial charge is 0.319 e. The average molecular weight is 358 g/mol. The van der Waals surface area contributed by atoms with E-state index < -0.39 is 23.3 Å². The summed E-state index contributed by atoms with van der Waals surface area (Å²) in [7, 11) is 0. The van der Waals surface area contributed by atoms with Gasteiger partial charge < -0.3 is 5.32 Å². The van der Waals surface area contributed by atoms with Crippen LogP contribution in [0.4, 0.5) is 18.9 Å². The van der Waals surface area contributed by atoms with Gasteiger partial charge in [0.15, 0.2) is 5.69 Å². The molecule has 0 fully saturated rings. The number of carbonyl (C=O) groups excluding carboxylic acids is 1. The van der Waals surface area contributed by atoms with Crippen LogP contribution in [0.5, 0.6) is 0 Å². The van der Waals surface area contributed by atoms with Crippen molar-refractivity contribution in [3.63, 3.8) is 0 Å². The van der Waals surface area contributed by atoms with Crippen molar-refractivity contribution < 1.29 is 18.0 Å². The van der Waals surface area contributed by atoms with Gasteiger partial charge in [-0.25, -0.2) is 4.98 Å². The third kappa shape index (κ3) is 3.36. The minimum absolute atomic E-state index is 0.192. The maximum absolute atomic E-state index is 12.8. The summed E-state index contributed by atoms with van der Waals surface area (Å²) in [5, 5.41) is 17.9. The molecule has 0 unspecified atom stereocenters. The van der Waals surface area contributed by atoms with Crippen LogP contribution in [-0.2, 0) is 6.18 Å². The minimum atomic E-state index is -4.78. The van der Waals surface area contributed by atoms with Gasteiger partial charge in [-0.15, -0.1) is 0 Å². The Hall–Kier alpha value is -3.74. The molecule has 0 aliphatic carbocycles. The van der Waals surface area contributed by atoms with Gasteiger partial charge in [-0.1, -0.05) is 6.07 Å². The molecule has 0 aliphatic rings. The number of hydrogen-bond acceptors (Lipinski definition) is 5. The highest BCUT2D eigenvalue weighted by Crippen LogP contribution is 2.30. The summed E-state index contributed by atoms with van der Waals surface area (Å²) < 4.78 is 38.3. The molecule has 3 heterocycles. The summed E-state index contributed by atoms with van der Waals surface area (Å²) in [6, 6.07) is 7.39. The molecular formula is C16H9F3N6O. The number of alkyl halides is 3. The SMILES string of the molecule is N#Cc1cc(C(=O)Nc2cn[nH]c2-c2ccccn2)cnc1C(F)(F)F. The maximum atomic E-state index is 12.8. The Labute approximate surface area is 144 Å². The highest BCUT2D eigenvalue weighted by Gasteiger charge is 2.36. The molecular weight excluding hydrogens is 349 g/mol. The van der Waals surface area contributed by atoms with Crippen LogP contribution in [0.25, 0.3) is 11.4 Å². The number of nitrogens with one attached hydrogen (secondary N) is 2. The number of halogens is 3. The first kappa shape index (κ1) is 17.1. The number of aromatic amines is 1. The molecule has 0 saturated carbocycles. The van der Waals surface area contributed by atoms with E-state index in [1.54, 1.807) is 24.4 Å². The number of pyridine rings is 2. The highest BCUT2D eigenvalue weighted by atomic mass is 19.4. The van der Waals surface area contributed by atoms with Gasteiger partial charge in [-0.2, -0.15) is 23.5 Å². The first-order valence-electron chi connectivity index (χ1n) is 7.13. The first-order valence-corrected chi connectivity index (χ1v) is 7.13. The molecule has 26 heavy (non-hydrogen) atoms. The molecule has 0 bridgehead atoms. The number of carbonyl (C=O) groups is 1. The van der Waals surface area contributed by atoms with E-state index in [-0.39, 0.29) is 11.3 Å². The van der Waals surface area contributed by atoms with Crippen LogP contribution < -0.4 is 5.32 Å². The van der Waals surface area contributed by atoms with E-state index in [2.05, 4.69) is 25.5 Å². The van der Waals surface area contributed by atoms with Gasteiger partial charge in [0, 0.05) is 12.4 Å². The Bertz CT molecular complexity index is 991. The second-order valence-corrected chi connectivity index (χ2v) is 5.06. The van der Waals surface area contributed by atoms with Crippen LogP contribution in [0.3, 0.4) is 0 Å². The van der Waals surface area contributed by atoms with Crippen LogP contribution in [0.1, 0.15) is 21.6 Å². The van der Waals surface area contributed by atoms with Gasteiger partial charge in [0.25, 0.3) is 5.91 Å². The van der Waals surface area contributed by atoms with Gasteiger partial charge >= 0.3 is 6.18 Å². The number of nitrogens with zero attached hydrogens (tertiary/aromatic N) is 4. The van der Waals surface area contributed by atoms with Gasteiger partial charge in [0.1, 0.15) is 11.8 Å². The number of hydrogen-bond donors (Lipinski definition) is 2. The molecule has 1 amide bonds. The van der Waals surface area contributed by atoms with Crippen LogP contribution in [-0.4, -0.2) is 26.1 Å². The molecule has 3 rings (SSSR count). The summed E-state index contributed by atoms with van der Waals surface area (Å²) in [5.74, 6) is -0.735. The van der Waals surface area contributed by atoms with Crippen molar-refractivity contribution >= 4 is 11.6 Å². The molecule has 3 aromatic rings. The summed E-state index contributed by atoms with van der Waals surface area (Å²) in [4.78, 5) is 19.7. The lowest BCUT2D eigenvalue weighted by Gasteiger charge is -2.09. The quantitative estimate of drug-likeness (QED) is 0.748. The zero-order valence-electron chi connectivity index (χ0n) is 12.9. The Balaban J connectivity index is 1.89. The van der Waals surface area contributed by atoms with Crippen LogP contribution in [0.2, 0.25) is 0 Å². The van der Waals surface area contributed by atoms with Crippen molar-refractivity contribution in [3.05, 3.63) is 59.7 Å². The molecule has 10 heteroatoms. The van der Waals surface area contributed by atoms with E-state index in [1.165, 1.54) is 12.3 Å². The lowest BCUT2D eigenvalue weighted by Crippen LogP contribution is -2.16. The summed E-state index contributed by atoms with van der Waals surface area (Å²) in [5.41, 5.74) is -1.03. The normalized spacial score (nSPS) is 11.0. The van der Waals surface area contributed by atoms with Gasteiger partial charge in [0.05, 0.1) is 28.7 Å². The van der Waals surface area contributed by atoms with E-state index in [9.17, 15) is 18.0 Å². The van der Waals surface area contributed by atoms with Gasteiger partial charge in [-0.3, -0.25) is 14.9 Å². The maximum Gasteiger partial charge on any atom is 0.434 e. The third-order valence-corrected chi connectivity index (χ3v) is 3.35. The fourth-order valence-electron chi connectivity index (χ4n) is 2.18. The molecule has 0 atom stereocenters. The molecule has 0 aliphatic heterocycles. The molecule has 7 nitrogen and oxygen atoms in total. The molecule has 0 spiro atoms. The van der Waals surface area contributed by atoms with Crippen molar-refractivity contribution in [3.8, 4) is 17.5 Å². The fourth-order valence-corrected chi connectivity index (χ4v) is 2.18. The number of rotatable bonds is 3. The Morgan fingerprint density at radius 3 is 2.69 bits per heavy atom. The summed E-state index contributed by atoms with van der Waals surface area (Å²) in [6.45, 7) is 0. The van der Waals surface area contributed by atoms with Crippen LogP contribution >= 0.6 is 0 Å². The van der Waals surface area contributed by atoms with Crippen molar-refractivity contribution in [1.82, 2.24) is 20.2 Å². The van der Waals surface area contributed by atoms with Gasteiger partial charge in [0.2, 0.25) is 0 Å². The predicted molar refractivity (Wildman–Crippen MR) is 83.7 cm³/mol. The monoisotopic (exact) mass is 358 g/mol. The number of H-pyrrole nitrogens is 1. The largest absolute Gasteiger partial charge is 0.434 e. The summed E-state index contributed by atoms with van der Waals surface area (Å²) >= 11 is 0. The van der Waals surface area contributed by atoms with Gasteiger partial charge in [-0.05, 0) is 18.2 Å². The number of nitriles is 1. The molecule has 0 aromatic carbocycles. The summed E-state index contributed by atoms with van der Waals surface area (Å²) in [6.07, 6.45) is -1.12. The molecule has 0 saturated heterocycles. The topological polar surface area (TPSA) is 107 Å². The third-order valence-electron chi connectivity index (χ3n) is 3.35. The second kappa shape index (κ2) is 6.64. The van der Waals surface area contributed by atoms with Crippen molar-refractivity contribution in [2.45, 2.75) is 6.18 Å². The van der Waals surface area contributed by atoms with Crippen LogP contribution in [0, 0.1) is 11.3 Å². The molecule has 0 radical (unpaired) electrons. The lowest BCUT2D eigenvalue weighted by atomic mass is 10.1. The molecule has 2 N–H and O–H groups in total. The van der Waals surface area contributed by atoms with Crippen LogP contribution in [0.15, 0.2) is 42.9 Å². The zero-order valence-corrected chi connectivity index (χ0v) is 12.9. The Kier molecular flexibility index (Phi) is 4.36. The minimum Gasteiger partial charge on any atom is -0.319 e. The van der Waals surface area contributed by atoms with E-state index >= 15 is 0 Å². The zero-order chi connectivity index (χ0) is 18.7. The lowest BCUT2D eigenvalue weighted by molar-refractivity contribution is -0.141. The number of aromatic nitrogens is 4. The van der Waals surface area contributed by atoms with Crippen molar-refractivity contribution in [2.24, 2.45) is 0 Å². The average Bonchev–Trinajstić information content (AvgIpc) is 3.09. The Morgan fingerprint density at radius 2 is 2.04 bits per heavy atom. The standard InChI is InChI=1S/C16H9F3N6O/c17-16(18,19)14-9(6-20)5-10(7-22-14)15(26)24-12-8-23-25-13(12)11-3-1-2-4-21-11/h1-5,7-8H,(H,23,25)(H,24,26).